The number of allylic oxidation sites excluding steroid dienone is 2. The maximum absolute atomic E-state index is 12.1. The van der Waals surface area contributed by atoms with E-state index in [0.717, 1.165) is 116 Å². The van der Waals surface area contributed by atoms with Crippen LogP contribution < -0.4 is 0 Å². The molecule has 46 heavy (non-hydrogen) atoms. The molecule has 0 aromatic carbocycles. The maximum atomic E-state index is 12.1. The monoisotopic (exact) mass is 653 g/mol. The summed E-state index contributed by atoms with van der Waals surface area (Å²) in [5, 5.41) is 29.5. The molecule has 0 aromatic heterocycles. The van der Waals surface area contributed by atoms with E-state index < -0.39 is 6.10 Å². The molecular weight excluding hydrogens is 580 g/mol. The van der Waals surface area contributed by atoms with Gasteiger partial charge in [0.05, 0.1) is 18.8 Å². The number of hydrogen-bond acceptors (Lipinski definition) is 7. The topological polar surface area (TPSA) is 113 Å². The van der Waals surface area contributed by atoms with E-state index in [-0.39, 0.29) is 37.4 Å². The highest BCUT2D eigenvalue weighted by atomic mass is 16.6. The van der Waals surface area contributed by atoms with Crippen LogP contribution in [0, 0.1) is 0 Å². The zero-order chi connectivity index (χ0) is 33.9. The number of hydrogen-bond donors (Lipinski definition) is 3. The molecular formula is C39H72O7. The Morgan fingerprint density at radius 1 is 0.565 bits per heavy atom. The normalized spacial score (nSPS) is 13.8. The Labute approximate surface area is 282 Å². The largest absolute Gasteiger partial charge is 0.462 e. The molecule has 0 fully saturated rings. The average molecular weight is 653 g/mol. The third-order valence-corrected chi connectivity index (χ3v) is 8.37. The van der Waals surface area contributed by atoms with Crippen molar-refractivity contribution < 1.29 is 34.4 Å². The van der Waals surface area contributed by atoms with Crippen molar-refractivity contribution in [3.63, 3.8) is 0 Å². The van der Waals surface area contributed by atoms with E-state index in [0.29, 0.717) is 12.8 Å². The predicted octanol–water partition coefficient (Wildman–Crippen LogP) is 9.45. The molecule has 0 aliphatic carbocycles. The van der Waals surface area contributed by atoms with E-state index in [1.807, 2.05) is 0 Å². The van der Waals surface area contributed by atoms with Crippen molar-refractivity contribution in [1.82, 2.24) is 0 Å². The first-order valence-electron chi connectivity index (χ1n) is 19.0. The molecule has 0 aliphatic rings. The highest BCUT2D eigenvalue weighted by molar-refractivity contribution is 5.70. The molecule has 0 bridgehead atoms. The Morgan fingerprint density at radius 2 is 1.00 bits per heavy atom. The van der Waals surface area contributed by atoms with E-state index in [1.165, 1.54) is 38.5 Å². The minimum Gasteiger partial charge on any atom is -0.462 e. The fourth-order valence-electron chi connectivity index (χ4n) is 5.34. The van der Waals surface area contributed by atoms with Gasteiger partial charge in [0.1, 0.15) is 6.61 Å². The number of rotatable bonds is 34. The minimum atomic E-state index is -0.812. The van der Waals surface area contributed by atoms with Crippen LogP contribution in [0.15, 0.2) is 24.3 Å². The number of esters is 2. The lowest BCUT2D eigenvalue weighted by Crippen LogP contribution is -2.28. The summed E-state index contributed by atoms with van der Waals surface area (Å²) >= 11 is 0. The molecule has 0 spiro atoms. The van der Waals surface area contributed by atoms with Gasteiger partial charge in [-0.3, -0.25) is 9.59 Å². The number of aliphatic hydroxyl groups excluding tert-OH is 3. The van der Waals surface area contributed by atoms with Crippen LogP contribution in [-0.4, -0.2) is 58.8 Å². The second-order valence-electron chi connectivity index (χ2n) is 13.0. The molecule has 0 heterocycles. The van der Waals surface area contributed by atoms with Gasteiger partial charge in [0.15, 0.2) is 6.10 Å². The van der Waals surface area contributed by atoms with Gasteiger partial charge >= 0.3 is 11.9 Å². The number of unbranched alkanes of at least 4 members (excludes halogenated alkanes) is 16. The van der Waals surface area contributed by atoms with Crippen molar-refractivity contribution >= 4 is 11.9 Å². The first kappa shape index (κ1) is 44.3. The van der Waals surface area contributed by atoms with Crippen LogP contribution in [0.25, 0.3) is 0 Å². The van der Waals surface area contributed by atoms with Gasteiger partial charge in [-0.2, -0.15) is 0 Å². The van der Waals surface area contributed by atoms with Gasteiger partial charge in [0.2, 0.25) is 0 Å². The van der Waals surface area contributed by atoms with Gasteiger partial charge in [-0.05, 0) is 64.2 Å². The van der Waals surface area contributed by atoms with Gasteiger partial charge in [0.25, 0.3) is 0 Å². The lowest BCUT2D eigenvalue weighted by atomic mass is 10.1. The summed E-state index contributed by atoms with van der Waals surface area (Å²) in [6.07, 6.45) is 32.8. The van der Waals surface area contributed by atoms with Crippen LogP contribution in [0.1, 0.15) is 181 Å². The molecule has 0 aliphatic heterocycles. The Kier molecular flexibility index (Phi) is 33.3. The molecule has 0 saturated heterocycles. The molecule has 3 atom stereocenters. The van der Waals surface area contributed by atoms with Crippen LogP contribution in [-0.2, 0) is 19.1 Å². The summed E-state index contributed by atoms with van der Waals surface area (Å²) in [6, 6.07) is 0. The molecule has 0 amide bonds. The van der Waals surface area contributed by atoms with Crippen LogP contribution >= 0.6 is 0 Å². The molecule has 270 valence electrons. The molecule has 7 nitrogen and oxygen atoms in total. The maximum Gasteiger partial charge on any atom is 0.306 e. The molecule has 3 N–H and O–H groups in total. The SMILES string of the molecule is CCCCCCC(O)C/C=C/CCCCCCCC(=O)OC[C@@H](CO)OC(=O)CCCCCCC/C=C/CC(O)CCCCCC. The standard InChI is InChI=1S/C39H72O7/c1-3-5-7-21-27-35(41)29-23-17-13-9-11-15-19-25-31-38(43)45-34-37(33-40)46-39(44)32-26-20-16-12-10-14-18-24-30-36(42)28-22-8-6-4-2/h17-18,23-24,35-37,40-42H,3-16,19-22,25-34H2,1-2H3/b23-17+,24-18+/t35?,36?,37-/m1/s1. The van der Waals surface area contributed by atoms with Crippen molar-refractivity contribution in [2.75, 3.05) is 13.2 Å². The summed E-state index contributed by atoms with van der Waals surface area (Å²) in [5.74, 6) is -0.682. The quantitative estimate of drug-likeness (QED) is 0.0360. The molecule has 2 unspecified atom stereocenters. The number of ether oxygens (including phenoxy) is 2. The number of aliphatic hydroxyl groups is 3. The molecule has 0 saturated carbocycles. The van der Waals surface area contributed by atoms with Crippen LogP contribution in [0.3, 0.4) is 0 Å². The zero-order valence-corrected chi connectivity index (χ0v) is 29.8. The summed E-state index contributed by atoms with van der Waals surface area (Å²) < 4.78 is 10.5. The first-order valence-corrected chi connectivity index (χ1v) is 19.0. The lowest BCUT2D eigenvalue weighted by molar-refractivity contribution is -0.161. The fourth-order valence-corrected chi connectivity index (χ4v) is 5.34. The van der Waals surface area contributed by atoms with Crippen LogP contribution in [0.4, 0.5) is 0 Å². The van der Waals surface area contributed by atoms with Gasteiger partial charge < -0.3 is 24.8 Å². The Balaban J connectivity index is 3.67. The Hall–Kier alpha value is -1.70. The second kappa shape index (κ2) is 34.6. The number of carbonyl (C=O) groups is 2. The van der Waals surface area contributed by atoms with Crippen LogP contribution in [0.2, 0.25) is 0 Å². The molecule has 7 heteroatoms. The average Bonchev–Trinajstić information content (AvgIpc) is 3.05. The summed E-state index contributed by atoms with van der Waals surface area (Å²) in [7, 11) is 0. The lowest BCUT2D eigenvalue weighted by Gasteiger charge is -2.15. The van der Waals surface area contributed by atoms with E-state index >= 15 is 0 Å². The van der Waals surface area contributed by atoms with Gasteiger partial charge in [0, 0.05) is 12.8 Å². The third-order valence-electron chi connectivity index (χ3n) is 8.37. The van der Waals surface area contributed by atoms with E-state index in [4.69, 9.17) is 9.47 Å². The van der Waals surface area contributed by atoms with E-state index in [1.54, 1.807) is 0 Å². The highest BCUT2D eigenvalue weighted by Crippen LogP contribution is 2.13. The fraction of sp³-hybridized carbons (Fsp3) is 0.846. The smallest absolute Gasteiger partial charge is 0.306 e. The highest BCUT2D eigenvalue weighted by Gasteiger charge is 2.16. The van der Waals surface area contributed by atoms with Crippen molar-refractivity contribution in [2.24, 2.45) is 0 Å². The third kappa shape index (κ3) is 32.2. The van der Waals surface area contributed by atoms with E-state index in [2.05, 4.69) is 38.2 Å². The summed E-state index contributed by atoms with van der Waals surface area (Å²) in [4.78, 5) is 24.2. The number of carbonyl (C=O) groups excluding carboxylic acids is 2. The van der Waals surface area contributed by atoms with Gasteiger partial charge in [-0.1, -0.05) is 128 Å². The van der Waals surface area contributed by atoms with E-state index in [9.17, 15) is 24.9 Å². The van der Waals surface area contributed by atoms with Gasteiger partial charge in [-0.15, -0.1) is 0 Å². The van der Waals surface area contributed by atoms with Crippen molar-refractivity contribution in [1.29, 1.82) is 0 Å². The zero-order valence-electron chi connectivity index (χ0n) is 29.8. The Bertz CT molecular complexity index is 736. The molecule has 0 aromatic rings. The first-order chi connectivity index (χ1) is 22.4. The summed E-state index contributed by atoms with van der Waals surface area (Å²) in [6.45, 7) is 3.92. The summed E-state index contributed by atoms with van der Waals surface area (Å²) in [5.41, 5.74) is 0. The molecule has 0 radical (unpaired) electrons. The molecule has 0 rings (SSSR count). The minimum absolute atomic E-state index is 0.107. The van der Waals surface area contributed by atoms with Crippen molar-refractivity contribution in [3.8, 4) is 0 Å². The second-order valence-corrected chi connectivity index (χ2v) is 13.0. The van der Waals surface area contributed by atoms with Gasteiger partial charge in [-0.25, -0.2) is 0 Å². The van der Waals surface area contributed by atoms with Crippen molar-refractivity contribution in [3.05, 3.63) is 24.3 Å². The van der Waals surface area contributed by atoms with Crippen molar-refractivity contribution in [2.45, 2.75) is 199 Å². The predicted molar refractivity (Wildman–Crippen MR) is 190 cm³/mol. The Morgan fingerprint density at radius 3 is 1.48 bits per heavy atom. The van der Waals surface area contributed by atoms with Crippen LogP contribution in [0.5, 0.6) is 0 Å².